The molecule has 0 N–H and O–H groups in total. The van der Waals surface area contributed by atoms with Crippen LogP contribution in [0.3, 0.4) is 0 Å². The molecule has 0 aliphatic carbocycles. The summed E-state index contributed by atoms with van der Waals surface area (Å²) >= 11 is 0. The molecule has 1 unspecified atom stereocenters. The standard InChI is InChI=1S/C16H20N2O3S/c1-18-15(13-7-3-2-4-8-13)11-17-16(18)22(19,20)12-14-9-5-6-10-21-14/h2-4,7-8,11,14H,5-6,9-10,12H2,1H3. The van der Waals surface area contributed by atoms with E-state index in [9.17, 15) is 8.42 Å². The molecule has 0 radical (unpaired) electrons. The first-order valence-corrected chi connectivity index (χ1v) is 9.14. The van der Waals surface area contributed by atoms with Crippen LogP contribution in [0.5, 0.6) is 0 Å². The first kappa shape index (κ1) is 15.2. The van der Waals surface area contributed by atoms with Gasteiger partial charge in [-0.2, -0.15) is 0 Å². The molecule has 1 atom stereocenters. The van der Waals surface area contributed by atoms with Gasteiger partial charge in [-0.1, -0.05) is 30.3 Å². The van der Waals surface area contributed by atoms with Gasteiger partial charge in [0, 0.05) is 13.7 Å². The summed E-state index contributed by atoms with van der Waals surface area (Å²) in [5, 5.41) is 0.112. The first-order valence-electron chi connectivity index (χ1n) is 7.49. The predicted molar refractivity (Wildman–Crippen MR) is 84.3 cm³/mol. The Hall–Kier alpha value is -1.66. The van der Waals surface area contributed by atoms with E-state index in [1.165, 1.54) is 0 Å². The quantitative estimate of drug-likeness (QED) is 0.868. The Labute approximate surface area is 130 Å². The van der Waals surface area contributed by atoms with Gasteiger partial charge in [-0.3, -0.25) is 0 Å². The van der Waals surface area contributed by atoms with Gasteiger partial charge in [0.05, 0.1) is 23.7 Å². The Balaban J connectivity index is 1.87. The monoisotopic (exact) mass is 320 g/mol. The van der Waals surface area contributed by atoms with Crippen LogP contribution >= 0.6 is 0 Å². The van der Waals surface area contributed by atoms with Crippen LogP contribution < -0.4 is 0 Å². The van der Waals surface area contributed by atoms with Gasteiger partial charge in [0.15, 0.2) is 0 Å². The number of hydrogen-bond acceptors (Lipinski definition) is 4. The Morgan fingerprint density at radius 1 is 1.27 bits per heavy atom. The third kappa shape index (κ3) is 3.08. The molecule has 1 aromatic carbocycles. The molecule has 22 heavy (non-hydrogen) atoms. The molecule has 1 aliphatic heterocycles. The normalized spacial score (nSPS) is 19.2. The van der Waals surface area contributed by atoms with E-state index in [2.05, 4.69) is 4.98 Å². The van der Waals surface area contributed by atoms with Crippen molar-refractivity contribution in [3.05, 3.63) is 36.5 Å². The highest BCUT2D eigenvalue weighted by molar-refractivity contribution is 7.91. The Morgan fingerprint density at radius 3 is 2.73 bits per heavy atom. The molecule has 118 valence electrons. The molecule has 1 fully saturated rings. The summed E-state index contributed by atoms with van der Waals surface area (Å²) in [5.41, 5.74) is 1.75. The fraction of sp³-hybridized carbons (Fsp3) is 0.438. The van der Waals surface area contributed by atoms with Gasteiger partial charge in [0.1, 0.15) is 0 Å². The summed E-state index contributed by atoms with van der Waals surface area (Å²) in [6, 6.07) is 9.66. The van der Waals surface area contributed by atoms with Gasteiger partial charge in [0.25, 0.3) is 0 Å². The zero-order chi connectivity index (χ0) is 15.6. The highest BCUT2D eigenvalue weighted by atomic mass is 32.2. The van der Waals surface area contributed by atoms with E-state index >= 15 is 0 Å². The highest BCUT2D eigenvalue weighted by Crippen LogP contribution is 2.23. The number of rotatable bonds is 4. The van der Waals surface area contributed by atoms with Crippen molar-refractivity contribution in [1.82, 2.24) is 9.55 Å². The summed E-state index contributed by atoms with van der Waals surface area (Å²) in [4.78, 5) is 4.15. The molecule has 0 bridgehead atoms. The third-order valence-electron chi connectivity index (χ3n) is 3.97. The number of sulfone groups is 1. The van der Waals surface area contributed by atoms with Gasteiger partial charge in [-0.15, -0.1) is 0 Å². The largest absolute Gasteiger partial charge is 0.377 e. The molecular formula is C16H20N2O3S. The summed E-state index contributed by atoms with van der Waals surface area (Å²) in [5.74, 6) is 0.00603. The van der Waals surface area contributed by atoms with Crippen molar-refractivity contribution >= 4 is 9.84 Å². The van der Waals surface area contributed by atoms with Crippen molar-refractivity contribution < 1.29 is 13.2 Å². The lowest BCUT2D eigenvalue weighted by Crippen LogP contribution is -2.28. The predicted octanol–water partition coefficient (Wildman–Crippen LogP) is 2.43. The molecule has 1 aromatic heterocycles. The smallest absolute Gasteiger partial charge is 0.227 e. The zero-order valence-electron chi connectivity index (χ0n) is 12.6. The van der Waals surface area contributed by atoms with E-state index in [1.54, 1.807) is 17.8 Å². The Bertz CT molecular complexity index is 732. The summed E-state index contributed by atoms with van der Waals surface area (Å²) in [6.07, 6.45) is 4.24. The molecule has 2 aromatic rings. The van der Waals surface area contributed by atoms with E-state index < -0.39 is 9.84 Å². The van der Waals surface area contributed by atoms with Gasteiger partial charge in [-0.25, -0.2) is 13.4 Å². The van der Waals surface area contributed by atoms with E-state index in [1.807, 2.05) is 30.3 Å². The highest BCUT2D eigenvalue weighted by Gasteiger charge is 2.27. The van der Waals surface area contributed by atoms with E-state index in [0.29, 0.717) is 6.61 Å². The zero-order valence-corrected chi connectivity index (χ0v) is 13.4. The summed E-state index contributed by atoms with van der Waals surface area (Å²) in [7, 11) is -1.71. The molecule has 2 heterocycles. The average molecular weight is 320 g/mol. The second kappa shape index (κ2) is 6.22. The second-order valence-electron chi connectivity index (χ2n) is 5.62. The maximum Gasteiger partial charge on any atom is 0.227 e. The van der Waals surface area contributed by atoms with E-state index in [0.717, 1.165) is 30.5 Å². The van der Waals surface area contributed by atoms with E-state index in [-0.39, 0.29) is 17.0 Å². The number of ether oxygens (including phenoxy) is 1. The molecule has 3 rings (SSSR count). The number of hydrogen-bond donors (Lipinski definition) is 0. The Kier molecular flexibility index (Phi) is 4.31. The van der Waals surface area contributed by atoms with Gasteiger partial charge in [-0.05, 0) is 24.8 Å². The van der Waals surface area contributed by atoms with Crippen molar-refractivity contribution in [2.75, 3.05) is 12.4 Å². The van der Waals surface area contributed by atoms with E-state index in [4.69, 9.17) is 4.74 Å². The molecular weight excluding hydrogens is 300 g/mol. The molecule has 0 amide bonds. The minimum absolute atomic E-state index is 0.00603. The van der Waals surface area contributed by atoms with Crippen molar-refractivity contribution in [3.63, 3.8) is 0 Å². The number of imidazole rings is 1. The fourth-order valence-electron chi connectivity index (χ4n) is 2.82. The molecule has 0 saturated carbocycles. The second-order valence-corrected chi connectivity index (χ2v) is 7.55. The lowest BCUT2D eigenvalue weighted by Gasteiger charge is -2.22. The number of benzene rings is 1. The molecule has 1 saturated heterocycles. The molecule has 0 spiro atoms. The van der Waals surface area contributed by atoms with Crippen LogP contribution in [-0.4, -0.2) is 36.4 Å². The summed E-state index contributed by atoms with van der Waals surface area (Å²) < 4.78 is 32.4. The molecule has 1 aliphatic rings. The lowest BCUT2D eigenvalue weighted by molar-refractivity contribution is 0.0304. The SMILES string of the molecule is Cn1c(-c2ccccc2)cnc1S(=O)(=O)CC1CCCCO1. The van der Waals surface area contributed by atoms with Crippen LogP contribution in [0.2, 0.25) is 0 Å². The Morgan fingerprint density at radius 2 is 2.05 bits per heavy atom. The molecule has 6 heteroatoms. The van der Waals surface area contributed by atoms with Crippen LogP contribution in [0.4, 0.5) is 0 Å². The van der Waals surface area contributed by atoms with Gasteiger partial charge in [0.2, 0.25) is 15.0 Å². The minimum Gasteiger partial charge on any atom is -0.377 e. The van der Waals surface area contributed by atoms with Crippen LogP contribution in [-0.2, 0) is 21.6 Å². The molecule has 5 nitrogen and oxygen atoms in total. The van der Waals surface area contributed by atoms with Crippen LogP contribution in [0.15, 0.2) is 41.7 Å². The van der Waals surface area contributed by atoms with Crippen LogP contribution in [0.25, 0.3) is 11.3 Å². The average Bonchev–Trinajstić information content (AvgIpc) is 2.91. The van der Waals surface area contributed by atoms with Crippen LogP contribution in [0.1, 0.15) is 19.3 Å². The van der Waals surface area contributed by atoms with Crippen molar-refractivity contribution in [2.45, 2.75) is 30.5 Å². The topological polar surface area (TPSA) is 61.2 Å². The number of aromatic nitrogens is 2. The summed E-state index contributed by atoms with van der Waals surface area (Å²) in [6.45, 7) is 0.649. The van der Waals surface area contributed by atoms with Crippen LogP contribution in [0, 0.1) is 0 Å². The van der Waals surface area contributed by atoms with Gasteiger partial charge < -0.3 is 9.30 Å². The maximum atomic E-state index is 12.6. The minimum atomic E-state index is -3.45. The number of nitrogens with zero attached hydrogens (tertiary/aromatic N) is 2. The third-order valence-corrected chi connectivity index (χ3v) is 5.72. The van der Waals surface area contributed by atoms with Crippen molar-refractivity contribution in [3.8, 4) is 11.3 Å². The fourth-order valence-corrected chi connectivity index (χ4v) is 4.45. The van der Waals surface area contributed by atoms with Crippen molar-refractivity contribution in [1.29, 1.82) is 0 Å². The lowest BCUT2D eigenvalue weighted by atomic mass is 10.1. The van der Waals surface area contributed by atoms with Gasteiger partial charge >= 0.3 is 0 Å². The first-order chi connectivity index (χ1) is 10.6. The van der Waals surface area contributed by atoms with Crippen molar-refractivity contribution in [2.24, 2.45) is 7.05 Å². The maximum absolute atomic E-state index is 12.6.